The van der Waals surface area contributed by atoms with Crippen LogP contribution in [0.3, 0.4) is 0 Å². The molecule has 7 atom stereocenters. The fourth-order valence-corrected chi connectivity index (χ4v) is 6.99. The highest BCUT2D eigenvalue weighted by Gasteiger charge is 2.60. The van der Waals surface area contributed by atoms with Crippen molar-refractivity contribution in [3.63, 3.8) is 0 Å². The molecule has 2 saturated carbocycles. The second-order valence-corrected chi connectivity index (χ2v) is 10.7. The number of cyclic esters (lactones) is 1. The summed E-state index contributed by atoms with van der Waals surface area (Å²) in [6.07, 6.45) is 5.18. The fourth-order valence-electron chi connectivity index (χ4n) is 6.99. The van der Waals surface area contributed by atoms with Crippen LogP contribution >= 0.6 is 0 Å². The van der Waals surface area contributed by atoms with E-state index in [1.807, 2.05) is 6.08 Å². The van der Waals surface area contributed by atoms with E-state index in [0.29, 0.717) is 24.5 Å². The van der Waals surface area contributed by atoms with Gasteiger partial charge < -0.3 is 19.3 Å². The predicted octanol–water partition coefficient (Wildman–Crippen LogP) is 4.86. The number of ether oxygens (including phenoxy) is 3. The van der Waals surface area contributed by atoms with E-state index in [1.165, 1.54) is 17.7 Å². The fraction of sp³-hybridized carbons (Fsp3) is 0.593. The number of hydrogen-bond acceptors (Lipinski definition) is 5. The normalized spacial score (nSPS) is 42.1. The summed E-state index contributed by atoms with van der Waals surface area (Å²) in [6.45, 7) is 9.66. The van der Waals surface area contributed by atoms with Gasteiger partial charge in [0.1, 0.15) is 18.5 Å². The van der Waals surface area contributed by atoms with Gasteiger partial charge in [0.05, 0.1) is 18.3 Å². The molecule has 5 nitrogen and oxygen atoms in total. The van der Waals surface area contributed by atoms with E-state index in [9.17, 15) is 14.3 Å². The number of carbonyl (C=O) groups excluding carboxylic acids is 1. The average Bonchev–Trinajstić information content (AvgIpc) is 3.10. The van der Waals surface area contributed by atoms with E-state index in [4.69, 9.17) is 14.2 Å². The third kappa shape index (κ3) is 3.76. The maximum Gasteiger partial charge on any atom is 0.336 e. The number of hydrogen-bond donors (Lipinski definition) is 1. The van der Waals surface area contributed by atoms with Gasteiger partial charge in [-0.25, -0.2) is 9.18 Å². The molecule has 0 radical (unpaired) electrons. The van der Waals surface area contributed by atoms with E-state index in [1.54, 1.807) is 12.1 Å². The highest BCUT2D eigenvalue weighted by atomic mass is 19.1. The Bertz CT molecular complexity index is 971. The topological polar surface area (TPSA) is 65.0 Å². The Labute approximate surface area is 194 Å². The molecule has 2 aliphatic heterocycles. The summed E-state index contributed by atoms with van der Waals surface area (Å²) in [5, 5.41) is 10.1. The third-order valence-corrected chi connectivity index (χ3v) is 8.83. The molecule has 0 spiro atoms. The molecule has 0 amide bonds. The molecule has 6 heteroatoms. The van der Waals surface area contributed by atoms with Gasteiger partial charge in [-0.15, -0.1) is 0 Å². The van der Waals surface area contributed by atoms with Crippen molar-refractivity contribution in [1.29, 1.82) is 0 Å². The lowest BCUT2D eigenvalue weighted by molar-refractivity contribution is -0.307. The number of esters is 1. The lowest BCUT2D eigenvalue weighted by Crippen LogP contribution is -2.60. The molecule has 1 N–H and O–H groups in total. The molecule has 0 aromatic heterocycles. The van der Waals surface area contributed by atoms with Crippen LogP contribution in [0.1, 0.15) is 57.8 Å². The molecule has 1 aromatic carbocycles. The minimum Gasteiger partial charge on any atom is -0.459 e. The number of carbonyl (C=O) groups is 1. The smallest absolute Gasteiger partial charge is 0.336 e. The Morgan fingerprint density at radius 3 is 2.67 bits per heavy atom. The van der Waals surface area contributed by atoms with Crippen LogP contribution in [-0.2, 0) is 19.0 Å². The number of aliphatic hydroxyl groups excluding tert-OH is 1. The van der Waals surface area contributed by atoms with Gasteiger partial charge in [0.25, 0.3) is 0 Å². The summed E-state index contributed by atoms with van der Waals surface area (Å²) in [6, 6.07) is 6.34. The monoisotopic (exact) mass is 456 g/mol. The quantitative estimate of drug-likeness (QED) is 0.400. The minimum absolute atomic E-state index is 0.000533. The second kappa shape index (κ2) is 8.33. The highest BCUT2D eigenvalue weighted by Crippen LogP contribution is 2.63. The summed E-state index contributed by atoms with van der Waals surface area (Å²) in [7, 11) is 0. The molecule has 2 saturated heterocycles. The van der Waals surface area contributed by atoms with Crippen molar-refractivity contribution in [2.24, 2.45) is 22.7 Å². The van der Waals surface area contributed by atoms with E-state index < -0.39 is 18.4 Å². The number of rotatable bonds is 3. The van der Waals surface area contributed by atoms with Gasteiger partial charge in [-0.1, -0.05) is 44.2 Å². The van der Waals surface area contributed by atoms with Crippen molar-refractivity contribution in [3.05, 3.63) is 59.4 Å². The Morgan fingerprint density at radius 1 is 1.21 bits per heavy atom. The Kier molecular flexibility index (Phi) is 5.74. The van der Waals surface area contributed by atoms with Crippen LogP contribution in [0, 0.1) is 28.5 Å². The molecule has 1 aromatic rings. The molecule has 4 aliphatic rings. The first-order chi connectivity index (χ1) is 15.7. The van der Waals surface area contributed by atoms with Crippen LogP contribution in [-0.4, -0.2) is 36.5 Å². The number of halogens is 1. The first-order valence-electron chi connectivity index (χ1n) is 12.0. The van der Waals surface area contributed by atoms with Crippen LogP contribution in [0.4, 0.5) is 4.39 Å². The molecule has 178 valence electrons. The minimum atomic E-state index is -0.838. The largest absolute Gasteiger partial charge is 0.459 e. The zero-order chi connectivity index (χ0) is 23.4. The SMILES string of the molecule is C=C1CCC2C3(C)COC(c4ccc(F)cc4)OC3CCC2(C)C1C/C=C1/C(=O)OCC1O. The molecule has 2 heterocycles. The molecule has 33 heavy (non-hydrogen) atoms. The van der Waals surface area contributed by atoms with Crippen molar-refractivity contribution in [2.45, 2.75) is 64.4 Å². The molecule has 4 fully saturated rings. The molecule has 7 unspecified atom stereocenters. The maximum absolute atomic E-state index is 13.4. The van der Waals surface area contributed by atoms with E-state index in [-0.39, 0.29) is 35.3 Å². The summed E-state index contributed by atoms with van der Waals surface area (Å²) in [5.74, 6) is -0.0823. The lowest BCUT2D eigenvalue weighted by atomic mass is 9.46. The summed E-state index contributed by atoms with van der Waals surface area (Å²) in [4.78, 5) is 12.0. The third-order valence-electron chi connectivity index (χ3n) is 8.83. The van der Waals surface area contributed by atoms with Gasteiger partial charge in [-0.3, -0.25) is 0 Å². The molecule has 0 bridgehead atoms. The van der Waals surface area contributed by atoms with Gasteiger partial charge in [0, 0.05) is 11.0 Å². The number of benzene rings is 1. The summed E-state index contributed by atoms with van der Waals surface area (Å²) < 4.78 is 31.0. The van der Waals surface area contributed by atoms with Crippen LogP contribution in [0.5, 0.6) is 0 Å². The van der Waals surface area contributed by atoms with Crippen LogP contribution in [0.25, 0.3) is 0 Å². The lowest BCUT2D eigenvalue weighted by Gasteiger charge is -2.62. The molecule has 5 rings (SSSR count). The highest BCUT2D eigenvalue weighted by molar-refractivity contribution is 5.91. The van der Waals surface area contributed by atoms with Crippen molar-refractivity contribution < 1.29 is 28.5 Å². The number of allylic oxidation sites excluding steroid dienone is 2. The summed E-state index contributed by atoms with van der Waals surface area (Å²) >= 11 is 0. The average molecular weight is 457 g/mol. The molecular formula is C27H33FO5. The van der Waals surface area contributed by atoms with E-state index in [0.717, 1.165) is 31.2 Å². The van der Waals surface area contributed by atoms with Gasteiger partial charge >= 0.3 is 5.97 Å². The van der Waals surface area contributed by atoms with Crippen molar-refractivity contribution in [2.75, 3.05) is 13.2 Å². The first kappa shape index (κ1) is 22.8. The van der Waals surface area contributed by atoms with Crippen LogP contribution in [0.15, 0.2) is 48.1 Å². The van der Waals surface area contributed by atoms with Crippen molar-refractivity contribution in [1.82, 2.24) is 0 Å². The molecular weight excluding hydrogens is 423 g/mol. The Balaban J connectivity index is 1.37. The van der Waals surface area contributed by atoms with Crippen molar-refractivity contribution in [3.8, 4) is 0 Å². The second-order valence-electron chi connectivity index (χ2n) is 10.7. The first-order valence-corrected chi connectivity index (χ1v) is 12.0. The maximum atomic E-state index is 13.4. The standard InChI is InChI=1S/C27H33FO5/c1-16-4-11-22-26(2,20(16)10-9-19-21(29)14-31-24(19)30)13-12-23-27(22,3)15-32-25(33-23)17-5-7-18(28)8-6-17/h5-9,20-23,25,29H,1,4,10-15H2,2-3H3/b19-9+. The van der Waals surface area contributed by atoms with Gasteiger partial charge in [-0.2, -0.15) is 0 Å². The van der Waals surface area contributed by atoms with Crippen LogP contribution < -0.4 is 0 Å². The van der Waals surface area contributed by atoms with Gasteiger partial charge in [0.15, 0.2) is 6.29 Å². The Morgan fingerprint density at radius 2 is 1.97 bits per heavy atom. The Hall–Kier alpha value is -2.02. The zero-order valence-electron chi connectivity index (χ0n) is 19.4. The zero-order valence-corrected chi connectivity index (χ0v) is 19.4. The summed E-state index contributed by atoms with van der Waals surface area (Å²) in [5.41, 5.74) is 2.30. The van der Waals surface area contributed by atoms with Crippen LogP contribution in [0.2, 0.25) is 0 Å². The van der Waals surface area contributed by atoms with E-state index >= 15 is 0 Å². The van der Waals surface area contributed by atoms with Gasteiger partial charge in [0.2, 0.25) is 0 Å². The number of fused-ring (bicyclic) bond motifs is 3. The number of aliphatic hydroxyl groups is 1. The van der Waals surface area contributed by atoms with Gasteiger partial charge in [-0.05, 0) is 61.5 Å². The van der Waals surface area contributed by atoms with E-state index in [2.05, 4.69) is 20.4 Å². The molecule has 2 aliphatic carbocycles. The van der Waals surface area contributed by atoms with Crippen molar-refractivity contribution >= 4 is 5.97 Å². The predicted molar refractivity (Wildman–Crippen MR) is 120 cm³/mol.